The van der Waals surface area contributed by atoms with Crippen molar-refractivity contribution in [2.75, 3.05) is 19.7 Å². The van der Waals surface area contributed by atoms with E-state index in [1.54, 1.807) is 19.1 Å². The van der Waals surface area contributed by atoms with Gasteiger partial charge >= 0.3 is 5.97 Å². The fourth-order valence-corrected chi connectivity index (χ4v) is 6.22. The molecule has 0 saturated carbocycles. The first kappa shape index (κ1) is 22.6. The molecule has 5 rings (SSSR count). The molecule has 1 saturated heterocycles. The lowest BCUT2D eigenvalue weighted by Gasteiger charge is -2.51. The molecular weight excluding hydrogens is 434 g/mol. The zero-order chi connectivity index (χ0) is 23.9. The predicted molar refractivity (Wildman–Crippen MR) is 125 cm³/mol. The summed E-state index contributed by atoms with van der Waals surface area (Å²) in [5.74, 6) is -0.699. The van der Waals surface area contributed by atoms with Crippen LogP contribution >= 0.6 is 0 Å². The van der Waals surface area contributed by atoms with Crippen molar-refractivity contribution in [1.82, 2.24) is 9.88 Å². The average molecular weight is 464 g/mol. The van der Waals surface area contributed by atoms with Crippen molar-refractivity contribution >= 4 is 22.8 Å². The number of benzene rings is 2. The third-order valence-electron chi connectivity index (χ3n) is 7.54. The Bertz CT molecular complexity index is 1210. The zero-order valence-corrected chi connectivity index (χ0v) is 19.1. The molecule has 4 atom stereocenters. The Labute approximate surface area is 197 Å². The first-order valence-corrected chi connectivity index (χ1v) is 11.8. The van der Waals surface area contributed by atoms with Crippen molar-refractivity contribution < 1.29 is 24.8 Å². The Hall–Kier alpha value is -3.20. The molecule has 3 N–H and O–H groups in total. The van der Waals surface area contributed by atoms with E-state index in [4.69, 9.17) is 4.74 Å². The van der Waals surface area contributed by atoms with Gasteiger partial charge in [-0.1, -0.05) is 36.4 Å². The maximum absolute atomic E-state index is 13.6. The number of H-pyrrole nitrogens is 1. The Morgan fingerprint density at radius 3 is 2.68 bits per heavy atom. The van der Waals surface area contributed by atoms with Crippen molar-refractivity contribution in [2.24, 2.45) is 5.92 Å². The zero-order valence-electron chi connectivity index (χ0n) is 19.1. The van der Waals surface area contributed by atoms with Crippen molar-refractivity contribution in [2.45, 2.75) is 37.6 Å². The molecule has 0 radical (unpaired) electrons. The number of hydroxylamine groups is 2. The van der Waals surface area contributed by atoms with Gasteiger partial charge in [-0.3, -0.25) is 9.59 Å². The molecule has 1 amide bonds. The number of para-hydroxylation sites is 1. The Morgan fingerprint density at radius 2 is 1.94 bits per heavy atom. The van der Waals surface area contributed by atoms with E-state index < -0.39 is 10.6 Å². The van der Waals surface area contributed by atoms with Crippen LogP contribution in [0, 0.1) is 11.1 Å². The summed E-state index contributed by atoms with van der Waals surface area (Å²) in [4.78, 5) is 31.5. The van der Waals surface area contributed by atoms with Gasteiger partial charge < -0.3 is 19.8 Å². The number of rotatable bonds is 6. The average Bonchev–Trinajstić information content (AvgIpc) is 3.35. The fraction of sp³-hybridized carbons (Fsp3) is 0.385. The van der Waals surface area contributed by atoms with Crippen LogP contribution in [0.4, 0.5) is 0 Å². The summed E-state index contributed by atoms with van der Waals surface area (Å²) >= 11 is 0. The van der Waals surface area contributed by atoms with Gasteiger partial charge in [0.15, 0.2) is 0 Å². The number of carbonyl (C=O) groups is 2. The molecule has 1 aliphatic heterocycles. The standard InChI is InChI=1S/C26H29N3O5/c1-2-34-23(30)14-18-12-13-28(25(31)17-8-4-3-5-9-17)22-15-20-19-10-6-7-11-21(19)27-24(20)26(18,22)16-29(32)33/h3-11,18,22,27,29,32H,2,12-16H2,1H3. The number of ether oxygens (including phenoxy) is 1. The minimum Gasteiger partial charge on any atom is -0.600 e. The number of fused-ring (bicyclic) bond motifs is 5. The van der Waals surface area contributed by atoms with Gasteiger partial charge in [-0.2, -0.15) is 0 Å². The summed E-state index contributed by atoms with van der Waals surface area (Å²) in [5, 5.41) is 22.5. The minimum absolute atomic E-state index is 0.107. The van der Waals surface area contributed by atoms with Crippen LogP contribution in [-0.4, -0.2) is 52.7 Å². The molecule has 3 aromatic rings. The monoisotopic (exact) mass is 463 g/mol. The number of nitrogens with zero attached hydrogens (tertiary/aromatic N) is 1. The van der Waals surface area contributed by atoms with Crippen LogP contribution in [-0.2, 0) is 21.4 Å². The topological polar surface area (TPSA) is 110 Å². The number of hydrogen-bond acceptors (Lipinski definition) is 5. The molecule has 2 aromatic carbocycles. The van der Waals surface area contributed by atoms with Crippen LogP contribution < -0.4 is 5.23 Å². The lowest BCUT2D eigenvalue weighted by molar-refractivity contribution is -1.05. The molecule has 2 heterocycles. The van der Waals surface area contributed by atoms with E-state index in [0.29, 0.717) is 24.9 Å². The summed E-state index contributed by atoms with van der Waals surface area (Å²) < 4.78 is 5.26. The summed E-state index contributed by atoms with van der Waals surface area (Å²) in [6, 6.07) is 16.6. The van der Waals surface area contributed by atoms with Crippen LogP contribution in [0.1, 0.15) is 41.4 Å². The number of carbonyl (C=O) groups excluding carboxylic acids is 2. The maximum Gasteiger partial charge on any atom is 0.306 e. The Morgan fingerprint density at radius 1 is 1.21 bits per heavy atom. The number of piperidine rings is 1. The molecule has 0 bridgehead atoms. The van der Waals surface area contributed by atoms with E-state index in [-0.39, 0.29) is 43.4 Å². The summed E-state index contributed by atoms with van der Waals surface area (Å²) in [6.45, 7) is 2.34. The summed E-state index contributed by atoms with van der Waals surface area (Å²) in [6.07, 6.45) is 1.19. The van der Waals surface area contributed by atoms with Crippen LogP contribution in [0.3, 0.4) is 0 Å². The molecule has 1 fully saturated rings. The van der Waals surface area contributed by atoms with E-state index in [0.717, 1.165) is 22.2 Å². The second kappa shape index (κ2) is 8.87. The minimum atomic E-state index is -0.945. The van der Waals surface area contributed by atoms with E-state index in [9.17, 15) is 20.0 Å². The highest BCUT2D eigenvalue weighted by Gasteiger charge is 2.60. The normalized spacial score (nSPS) is 24.5. The summed E-state index contributed by atoms with van der Waals surface area (Å²) in [7, 11) is 0. The van der Waals surface area contributed by atoms with Gasteiger partial charge in [0.25, 0.3) is 5.91 Å². The molecule has 0 spiro atoms. The number of aromatic amines is 1. The molecule has 1 aromatic heterocycles. The first-order chi connectivity index (χ1) is 16.5. The number of hydrogen-bond donors (Lipinski definition) is 3. The van der Waals surface area contributed by atoms with Gasteiger partial charge in [-0.25, -0.2) is 10.4 Å². The molecule has 8 nitrogen and oxygen atoms in total. The van der Waals surface area contributed by atoms with Crippen molar-refractivity contribution in [3.63, 3.8) is 0 Å². The van der Waals surface area contributed by atoms with Crippen LogP contribution in [0.2, 0.25) is 0 Å². The first-order valence-electron chi connectivity index (χ1n) is 11.8. The molecule has 178 valence electrons. The van der Waals surface area contributed by atoms with E-state index in [1.807, 2.05) is 47.4 Å². The van der Waals surface area contributed by atoms with Gasteiger partial charge in [0.1, 0.15) is 6.54 Å². The highest BCUT2D eigenvalue weighted by molar-refractivity contribution is 5.95. The molecule has 34 heavy (non-hydrogen) atoms. The maximum atomic E-state index is 13.6. The van der Waals surface area contributed by atoms with Crippen molar-refractivity contribution in [1.29, 1.82) is 0 Å². The highest BCUT2D eigenvalue weighted by Crippen LogP contribution is 2.52. The number of aromatic nitrogens is 1. The smallest absolute Gasteiger partial charge is 0.306 e. The SMILES string of the molecule is CCOC(=O)CC1CCN(C(=O)c2ccccc2)C2Cc3c([nH]c4ccccc34)C12C[NH+]([O-])O. The van der Waals surface area contributed by atoms with Crippen LogP contribution in [0.25, 0.3) is 10.9 Å². The van der Waals surface area contributed by atoms with Crippen molar-refractivity contribution in [3.05, 3.63) is 76.6 Å². The summed E-state index contributed by atoms with van der Waals surface area (Å²) in [5.41, 5.74) is 2.51. The lowest BCUT2D eigenvalue weighted by Crippen LogP contribution is -3.07. The largest absolute Gasteiger partial charge is 0.600 e. The fourth-order valence-electron chi connectivity index (χ4n) is 6.22. The second-order valence-corrected chi connectivity index (χ2v) is 9.21. The van der Waals surface area contributed by atoms with Crippen LogP contribution in [0.15, 0.2) is 54.6 Å². The van der Waals surface area contributed by atoms with Gasteiger partial charge in [0, 0.05) is 35.1 Å². The lowest BCUT2D eigenvalue weighted by atomic mass is 9.64. The van der Waals surface area contributed by atoms with E-state index >= 15 is 0 Å². The Balaban J connectivity index is 1.65. The van der Waals surface area contributed by atoms with E-state index in [2.05, 4.69) is 4.98 Å². The Kier molecular flexibility index (Phi) is 5.89. The van der Waals surface area contributed by atoms with Gasteiger partial charge in [0.2, 0.25) is 0 Å². The molecule has 8 heteroatoms. The third-order valence-corrected chi connectivity index (χ3v) is 7.54. The molecule has 1 aliphatic carbocycles. The number of amides is 1. The van der Waals surface area contributed by atoms with Crippen molar-refractivity contribution in [3.8, 4) is 0 Å². The van der Waals surface area contributed by atoms with Gasteiger partial charge in [0.05, 0.1) is 18.1 Å². The van der Waals surface area contributed by atoms with Gasteiger partial charge in [-0.05, 0) is 49.4 Å². The number of likely N-dealkylation sites (tertiary alicyclic amines) is 1. The number of esters is 1. The third kappa shape index (κ3) is 3.58. The second-order valence-electron chi connectivity index (χ2n) is 9.21. The van der Waals surface area contributed by atoms with Crippen LogP contribution in [0.5, 0.6) is 0 Å². The van der Waals surface area contributed by atoms with E-state index in [1.165, 1.54) is 0 Å². The number of nitrogens with one attached hydrogen (secondary N) is 2. The number of quaternary nitrogens is 1. The highest BCUT2D eigenvalue weighted by atomic mass is 16.8. The quantitative estimate of drug-likeness (QED) is 0.384. The molecule has 4 unspecified atom stereocenters. The molecule has 2 aliphatic rings. The molecular formula is C26H29N3O5. The van der Waals surface area contributed by atoms with Gasteiger partial charge in [-0.15, -0.1) is 0 Å². The predicted octanol–water partition coefficient (Wildman–Crippen LogP) is 2.22.